The third-order valence-electron chi connectivity index (χ3n) is 7.82. The average Bonchev–Trinajstić information content (AvgIpc) is 3.33. The van der Waals surface area contributed by atoms with Crippen LogP contribution in [0.5, 0.6) is 11.6 Å². The maximum atomic E-state index is 14.8. The summed E-state index contributed by atoms with van der Waals surface area (Å²) >= 11 is 0. The van der Waals surface area contributed by atoms with Crippen molar-refractivity contribution in [1.82, 2.24) is 19.4 Å². The number of likely N-dealkylation sites (tertiary alicyclic amines) is 1. The van der Waals surface area contributed by atoms with Gasteiger partial charge in [0.1, 0.15) is 35.6 Å². The normalized spacial score (nSPS) is 17.3. The molecule has 44 heavy (non-hydrogen) atoms. The number of hydrogen-bond donors (Lipinski definition) is 1. The number of aromatic nitrogens is 3. The van der Waals surface area contributed by atoms with Crippen molar-refractivity contribution in [3.8, 4) is 17.7 Å². The molecule has 2 aromatic heterocycles. The Bertz CT molecular complexity index is 1750. The molecular formula is C31H28F3N5O5. The number of carboxylic acid groups (broad SMARTS) is 1. The zero-order valence-corrected chi connectivity index (χ0v) is 23.5. The Balaban J connectivity index is 1.09. The van der Waals surface area contributed by atoms with E-state index in [4.69, 9.17) is 19.5 Å². The number of nitriles is 1. The highest BCUT2D eigenvalue weighted by atomic mass is 19.1. The van der Waals surface area contributed by atoms with E-state index in [0.29, 0.717) is 57.0 Å². The van der Waals surface area contributed by atoms with Crippen LogP contribution in [0.1, 0.15) is 46.7 Å². The fourth-order valence-electron chi connectivity index (χ4n) is 5.33. The SMILES string of the molecule is N#Cc1ccc(OCc2nc(OC3CCN(Cc4nc5c(F)cc(C(=O)O)cc5n4C[C@@H]4CCO4)CC3)ccc2F)c(F)c1. The maximum absolute atomic E-state index is 14.8. The molecule has 0 amide bonds. The van der Waals surface area contributed by atoms with Crippen LogP contribution in [0.25, 0.3) is 11.0 Å². The van der Waals surface area contributed by atoms with Crippen molar-refractivity contribution in [3.05, 3.63) is 82.6 Å². The fourth-order valence-corrected chi connectivity index (χ4v) is 5.33. The third kappa shape index (κ3) is 6.31. The third-order valence-corrected chi connectivity index (χ3v) is 7.82. The molecule has 0 spiro atoms. The summed E-state index contributed by atoms with van der Waals surface area (Å²) in [7, 11) is 0. The number of nitrogens with zero attached hydrogens (tertiary/aromatic N) is 5. The van der Waals surface area contributed by atoms with Crippen LogP contribution < -0.4 is 9.47 Å². The van der Waals surface area contributed by atoms with E-state index >= 15 is 0 Å². The number of pyridine rings is 1. The summed E-state index contributed by atoms with van der Waals surface area (Å²) < 4.78 is 62.3. The number of carbonyl (C=O) groups is 1. The van der Waals surface area contributed by atoms with Crippen molar-refractivity contribution in [1.29, 1.82) is 5.26 Å². The molecule has 228 valence electrons. The molecule has 4 aromatic rings. The van der Waals surface area contributed by atoms with Gasteiger partial charge in [-0.05, 0) is 55.7 Å². The number of hydrogen-bond acceptors (Lipinski definition) is 8. The van der Waals surface area contributed by atoms with Gasteiger partial charge in [0.25, 0.3) is 0 Å². The van der Waals surface area contributed by atoms with Gasteiger partial charge in [-0.1, -0.05) is 0 Å². The number of fused-ring (bicyclic) bond motifs is 1. The number of imidazole rings is 1. The monoisotopic (exact) mass is 607 g/mol. The highest BCUT2D eigenvalue weighted by Gasteiger charge is 2.27. The summed E-state index contributed by atoms with van der Waals surface area (Å²) in [4.78, 5) is 22.5. The molecule has 2 aromatic carbocycles. The fraction of sp³-hybridized carbons (Fsp3) is 0.355. The minimum Gasteiger partial charge on any atom is -0.484 e. The minimum atomic E-state index is -1.21. The Kier molecular flexibility index (Phi) is 8.36. The van der Waals surface area contributed by atoms with Crippen molar-refractivity contribution in [2.24, 2.45) is 0 Å². The smallest absolute Gasteiger partial charge is 0.335 e. The Morgan fingerprint density at radius 3 is 2.52 bits per heavy atom. The molecule has 0 radical (unpaired) electrons. The van der Waals surface area contributed by atoms with Gasteiger partial charge < -0.3 is 23.9 Å². The van der Waals surface area contributed by atoms with Gasteiger partial charge in [-0.15, -0.1) is 0 Å². The Morgan fingerprint density at radius 2 is 1.84 bits per heavy atom. The van der Waals surface area contributed by atoms with Crippen molar-refractivity contribution in [3.63, 3.8) is 0 Å². The zero-order chi connectivity index (χ0) is 30.8. The number of halogens is 3. The Labute approximate surface area is 250 Å². The molecule has 2 fully saturated rings. The summed E-state index contributed by atoms with van der Waals surface area (Å²) in [6, 6.07) is 10.7. The summed E-state index contributed by atoms with van der Waals surface area (Å²) in [5, 5.41) is 18.3. The lowest BCUT2D eigenvalue weighted by Crippen LogP contribution is -2.39. The summed E-state index contributed by atoms with van der Waals surface area (Å²) in [6.07, 6.45) is 1.92. The number of ether oxygens (including phenoxy) is 3. The van der Waals surface area contributed by atoms with Crippen LogP contribution in [0.4, 0.5) is 13.2 Å². The highest BCUT2D eigenvalue weighted by Crippen LogP contribution is 2.27. The molecule has 2 saturated heterocycles. The number of piperidine rings is 1. The van der Waals surface area contributed by atoms with E-state index in [-0.39, 0.29) is 52.8 Å². The molecule has 1 N–H and O–H groups in total. The molecule has 0 aliphatic carbocycles. The molecule has 10 nitrogen and oxygen atoms in total. The maximum Gasteiger partial charge on any atom is 0.335 e. The van der Waals surface area contributed by atoms with Crippen LogP contribution in [-0.4, -0.2) is 62.4 Å². The predicted molar refractivity (Wildman–Crippen MR) is 150 cm³/mol. The van der Waals surface area contributed by atoms with Crippen molar-refractivity contribution in [2.75, 3.05) is 19.7 Å². The van der Waals surface area contributed by atoms with E-state index in [1.807, 2.05) is 10.6 Å². The standard InChI is InChI=1S/C31H28F3N5O5/c32-22-2-4-29(36-25(22)17-43-27-3-1-18(14-35)11-23(27)33)44-20-5-8-38(9-6-20)16-28-37-30-24(34)12-19(31(40)41)13-26(30)39(28)15-21-7-10-42-21/h1-4,11-13,20-21H,5-10,15-17H2,(H,40,41)/t21-/m0/s1. The van der Waals surface area contributed by atoms with E-state index in [2.05, 4.69) is 14.9 Å². The van der Waals surface area contributed by atoms with Crippen LogP contribution in [0, 0.1) is 28.8 Å². The van der Waals surface area contributed by atoms with Gasteiger partial charge in [0.05, 0.1) is 41.9 Å². The first-order valence-corrected chi connectivity index (χ1v) is 14.2. The second-order valence-electron chi connectivity index (χ2n) is 10.8. The van der Waals surface area contributed by atoms with Gasteiger partial charge in [0, 0.05) is 25.8 Å². The highest BCUT2D eigenvalue weighted by molar-refractivity contribution is 5.92. The zero-order valence-electron chi connectivity index (χ0n) is 23.5. The summed E-state index contributed by atoms with van der Waals surface area (Å²) in [6.45, 7) is 2.50. The average molecular weight is 608 g/mol. The lowest BCUT2D eigenvalue weighted by atomic mass is 10.1. The second-order valence-corrected chi connectivity index (χ2v) is 10.8. The van der Waals surface area contributed by atoms with E-state index in [0.717, 1.165) is 18.6 Å². The minimum absolute atomic E-state index is 0.0385. The van der Waals surface area contributed by atoms with Crippen LogP contribution in [0.2, 0.25) is 0 Å². The molecule has 2 aliphatic rings. The van der Waals surface area contributed by atoms with Gasteiger partial charge in [0.15, 0.2) is 17.4 Å². The first-order valence-electron chi connectivity index (χ1n) is 14.2. The Hall–Kier alpha value is -4.67. The van der Waals surface area contributed by atoms with Crippen LogP contribution in [0.15, 0.2) is 42.5 Å². The molecule has 2 aliphatic heterocycles. The largest absolute Gasteiger partial charge is 0.484 e. The first kappa shape index (κ1) is 29.4. The number of aromatic carboxylic acids is 1. The predicted octanol–water partition coefficient (Wildman–Crippen LogP) is 4.83. The molecule has 0 bridgehead atoms. The molecule has 6 rings (SSSR count). The quantitative estimate of drug-likeness (QED) is 0.270. The van der Waals surface area contributed by atoms with Gasteiger partial charge in [-0.3, -0.25) is 4.90 Å². The molecule has 1 atom stereocenters. The summed E-state index contributed by atoms with van der Waals surface area (Å²) in [5.74, 6) is -2.52. The van der Waals surface area contributed by atoms with E-state index in [1.165, 1.54) is 30.3 Å². The van der Waals surface area contributed by atoms with Crippen molar-refractivity contribution < 1.29 is 37.3 Å². The number of carboxylic acids is 1. The number of rotatable bonds is 10. The molecule has 0 saturated carbocycles. The summed E-state index contributed by atoms with van der Waals surface area (Å²) in [5.41, 5.74) is 0.518. The van der Waals surface area contributed by atoms with Crippen molar-refractivity contribution >= 4 is 17.0 Å². The van der Waals surface area contributed by atoms with E-state index < -0.39 is 23.4 Å². The van der Waals surface area contributed by atoms with Gasteiger partial charge in [-0.25, -0.2) is 27.9 Å². The molecular weight excluding hydrogens is 579 g/mol. The first-order chi connectivity index (χ1) is 21.3. The van der Waals surface area contributed by atoms with E-state index in [9.17, 15) is 23.1 Å². The van der Waals surface area contributed by atoms with Crippen LogP contribution in [-0.2, 0) is 24.4 Å². The topological polar surface area (TPSA) is 123 Å². The van der Waals surface area contributed by atoms with Gasteiger partial charge in [-0.2, -0.15) is 5.26 Å². The van der Waals surface area contributed by atoms with Gasteiger partial charge >= 0.3 is 5.97 Å². The molecule has 13 heteroatoms. The van der Waals surface area contributed by atoms with Crippen molar-refractivity contribution in [2.45, 2.75) is 51.2 Å². The Morgan fingerprint density at radius 1 is 1.05 bits per heavy atom. The van der Waals surface area contributed by atoms with Crippen LogP contribution in [0.3, 0.4) is 0 Å². The lowest BCUT2D eigenvalue weighted by Gasteiger charge is -2.32. The number of benzene rings is 2. The van der Waals surface area contributed by atoms with Crippen LogP contribution >= 0.6 is 0 Å². The molecule has 4 heterocycles. The van der Waals surface area contributed by atoms with E-state index in [1.54, 1.807) is 0 Å². The molecule has 0 unspecified atom stereocenters. The second kappa shape index (κ2) is 12.5. The van der Waals surface area contributed by atoms with Gasteiger partial charge in [0.2, 0.25) is 5.88 Å². The lowest BCUT2D eigenvalue weighted by molar-refractivity contribution is -0.0592.